The summed E-state index contributed by atoms with van der Waals surface area (Å²) in [6.45, 7) is 2.00. The molecule has 0 aromatic heterocycles. The average Bonchev–Trinajstić information content (AvgIpc) is 2.50. The maximum absolute atomic E-state index is 9.59. The van der Waals surface area contributed by atoms with E-state index in [0.717, 1.165) is 6.42 Å². The number of aliphatic imine (C=N–C) groups is 1. The number of nitrogens with zero attached hydrogens (tertiary/aromatic N) is 2. The third-order valence-corrected chi connectivity index (χ3v) is 3.66. The van der Waals surface area contributed by atoms with Gasteiger partial charge in [0.05, 0.1) is 34.7 Å². The number of hydrogen-bond donors (Lipinski definition) is 4. The SMILES string of the molecule is CCCC1=C(C#N)C(C2=CC=CC(=N)C2=N)/C(=C/N)C(N)=N1. The van der Waals surface area contributed by atoms with Gasteiger partial charge in [0.2, 0.25) is 0 Å². The van der Waals surface area contributed by atoms with Crippen LogP contribution in [0, 0.1) is 28.1 Å². The lowest BCUT2D eigenvalue weighted by molar-refractivity contribution is 0.815. The molecule has 6 nitrogen and oxygen atoms in total. The van der Waals surface area contributed by atoms with Crippen molar-refractivity contribution in [1.82, 2.24) is 0 Å². The molecule has 0 aromatic rings. The van der Waals surface area contributed by atoms with Gasteiger partial charge in [0, 0.05) is 11.8 Å². The molecular formula is C16H18N6. The Morgan fingerprint density at radius 1 is 1.45 bits per heavy atom. The van der Waals surface area contributed by atoms with Gasteiger partial charge in [-0.1, -0.05) is 25.5 Å². The predicted octanol–water partition coefficient (Wildman–Crippen LogP) is 1.93. The van der Waals surface area contributed by atoms with Crippen LogP contribution in [0.2, 0.25) is 0 Å². The molecule has 1 unspecified atom stereocenters. The van der Waals surface area contributed by atoms with E-state index >= 15 is 0 Å². The van der Waals surface area contributed by atoms with E-state index in [0.29, 0.717) is 28.8 Å². The van der Waals surface area contributed by atoms with Gasteiger partial charge in [0.25, 0.3) is 0 Å². The van der Waals surface area contributed by atoms with Crippen LogP contribution in [-0.4, -0.2) is 17.3 Å². The zero-order valence-electron chi connectivity index (χ0n) is 12.4. The molecule has 0 fully saturated rings. The van der Waals surface area contributed by atoms with Crippen LogP contribution in [0.15, 0.2) is 51.8 Å². The summed E-state index contributed by atoms with van der Waals surface area (Å²) in [4.78, 5) is 4.30. The van der Waals surface area contributed by atoms with E-state index < -0.39 is 5.92 Å². The smallest absolute Gasteiger partial charge is 0.129 e. The second-order valence-electron chi connectivity index (χ2n) is 5.04. The van der Waals surface area contributed by atoms with Crippen molar-refractivity contribution in [3.8, 4) is 6.07 Å². The second kappa shape index (κ2) is 6.22. The molecule has 112 valence electrons. The Labute approximate surface area is 129 Å². The van der Waals surface area contributed by atoms with Crippen molar-refractivity contribution in [3.63, 3.8) is 0 Å². The van der Waals surface area contributed by atoms with Crippen LogP contribution in [0.1, 0.15) is 19.8 Å². The molecule has 0 radical (unpaired) electrons. The number of nitrogens with one attached hydrogen (secondary N) is 2. The number of nitriles is 1. The molecular weight excluding hydrogens is 276 g/mol. The molecule has 6 heteroatoms. The van der Waals surface area contributed by atoms with Crippen LogP contribution in [0.3, 0.4) is 0 Å². The van der Waals surface area contributed by atoms with Crippen LogP contribution >= 0.6 is 0 Å². The van der Waals surface area contributed by atoms with Gasteiger partial charge in [-0.3, -0.25) is 10.8 Å². The minimum atomic E-state index is -0.535. The number of allylic oxidation sites excluding steroid dienone is 6. The highest BCUT2D eigenvalue weighted by molar-refractivity contribution is 6.51. The van der Waals surface area contributed by atoms with Crippen LogP contribution in [-0.2, 0) is 0 Å². The summed E-state index contributed by atoms with van der Waals surface area (Å²) < 4.78 is 0. The van der Waals surface area contributed by atoms with Crippen molar-refractivity contribution in [2.45, 2.75) is 19.8 Å². The first-order chi connectivity index (χ1) is 10.5. The molecule has 1 aliphatic carbocycles. The first-order valence-corrected chi connectivity index (χ1v) is 7.00. The van der Waals surface area contributed by atoms with E-state index in [1.807, 2.05) is 6.92 Å². The molecule has 0 amide bonds. The van der Waals surface area contributed by atoms with Crippen LogP contribution in [0.4, 0.5) is 0 Å². The molecule has 22 heavy (non-hydrogen) atoms. The van der Waals surface area contributed by atoms with E-state index in [1.54, 1.807) is 18.2 Å². The number of hydrogen-bond acceptors (Lipinski definition) is 6. The Hall–Kier alpha value is -2.94. The molecule has 0 aromatic carbocycles. The highest BCUT2D eigenvalue weighted by Gasteiger charge is 2.34. The van der Waals surface area contributed by atoms with E-state index in [2.05, 4.69) is 11.1 Å². The summed E-state index contributed by atoms with van der Waals surface area (Å²) in [6.07, 6.45) is 7.76. The molecule has 0 saturated carbocycles. The van der Waals surface area contributed by atoms with Crippen molar-refractivity contribution >= 4 is 17.3 Å². The Bertz CT molecular complexity index is 724. The van der Waals surface area contributed by atoms with E-state index in [-0.39, 0.29) is 17.3 Å². The molecule has 1 aliphatic heterocycles. The monoisotopic (exact) mass is 294 g/mol. The molecule has 2 aliphatic rings. The van der Waals surface area contributed by atoms with Crippen molar-refractivity contribution in [1.29, 1.82) is 16.1 Å². The Morgan fingerprint density at radius 2 is 2.18 bits per heavy atom. The minimum absolute atomic E-state index is 0.0742. The summed E-state index contributed by atoms with van der Waals surface area (Å²) in [5, 5.41) is 25.5. The lowest BCUT2D eigenvalue weighted by atomic mass is 9.77. The van der Waals surface area contributed by atoms with Gasteiger partial charge in [-0.25, -0.2) is 4.99 Å². The summed E-state index contributed by atoms with van der Waals surface area (Å²) in [6, 6.07) is 2.19. The largest absolute Gasteiger partial charge is 0.404 e. The van der Waals surface area contributed by atoms with Gasteiger partial charge < -0.3 is 11.5 Å². The normalized spacial score (nSPS) is 23.5. The summed E-state index contributed by atoms with van der Waals surface area (Å²) >= 11 is 0. The van der Waals surface area contributed by atoms with Gasteiger partial charge in [0.15, 0.2) is 0 Å². The lowest BCUT2D eigenvalue weighted by Crippen LogP contribution is -2.32. The first kappa shape index (κ1) is 15.4. The fourth-order valence-corrected chi connectivity index (χ4v) is 2.61. The Balaban J connectivity index is 2.65. The van der Waals surface area contributed by atoms with Gasteiger partial charge in [-0.2, -0.15) is 5.26 Å². The Morgan fingerprint density at radius 3 is 2.77 bits per heavy atom. The zero-order valence-corrected chi connectivity index (χ0v) is 12.4. The van der Waals surface area contributed by atoms with Gasteiger partial charge in [-0.15, -0.1) is 0 Å². The highest BCUT2D eigenvalue weighted by atomic mass is 14.9. The fraction of sp³-hybridized carbons (Fsp3) is 0.250. The topological polar surface area (TPSA) is 136 Å². The maximum Gasteiger partial charge on any atom is 0.129 e. The number of rotatable bonds is 3. The standard InChI is InChI=1S/C16H18N6/c1-2-4-13-10(7-17)14(11(8-18)16(21)22-13)9-5-3-6-12(19)15(9)20/h3,5-6,8,14,19-20H,2,4,18H2,1H3,(H2,21,22)/b11-8-,19-12?,20-15?. The molecule has 6 N–H and O–H groups in total. The molecule has 0 saturated heterocycles. The molecule has 0 bridgehead atoms. The first-order valence-electron chi connectivity index (χ1n) is 7.00. The molecule has 1 heterocycles. The van der Waals surface area contributed by atoms with Crippen molar-refractivity contribution < 1.29 is 0 Å². The highest BCUT2D eigenvalue weighted by Crippen LogP contribution is 2.36. The average molecular weight is 294 g/mol. The molecule has 0 spiro atoms. The van der Waals surface area contributed by atoms with Crippen LogP contribution in [0.25, 0.3) is 0 Å². The number of nitrogens with two attached hydrogens (primary N) is 2. The fourth-order valence-electron chi connectivity index (χ4n) is 2.61. The van der Waals surface area contributed by atoms with E-state index in [1.165, 1.54) is 6.20 Å². The van der Waals surface area contributed by atoms with Crippen LogP contribution in [0.5, 0.6) is 0 Å². The minimum Gasteiger partial charge on any atom is -0.404 e. The Kier molecular flexibility index (Phi) is 4.37. The van der Waals surface area contributed by atoms with Crippen molar-refractivity contribution in [2.24, 2.45) is 22.4 Å². The summed E-state index contributed by atoms with van der Waals surface area (Å²) in [7, 11) is 0. The van der Waals surface area contributed by atoms with Gasteiger partial charge in [-0.05, 0) is 18.1 Å². The quantitative estimate of drug-likeness (QED) is 0.592. The number of amidine groups is 1. The van der Waals surface area contributed by atoms with Crippen LogP contribution < -0.4 is 11.5 Å². The van der Waals surface area contributed by atoms with Gasteiger partial charge >= 0.3 is 0 Å². The third-order valence-electron chi connectivity index (χ3n) is 3.66. The van der Waals surface area contributed by atoms with Gasteiger partial charge in [0.1, 0.15) is 5.84 Å². The maximum atomic E-state index is 9.59. The lowest BCUT2D eigenvalue weighted by Gasteiger charge is -2.28. The summed E-state index contributed by atoms with van der Waals surface area (Å²) in [5.74, 6) is -0.267. The second-order valence-corrected chi connectivity index (χ2v) is 5.04. The predicted molar refractivity (Wildman–Crippen MR) is 87.6 cm³/mol. The van der Waals surface area contributed by atoms with Crippen molar-refractivity contribution in [2.75, 3.05) is 0 Å². The summed E-state index contributed by atoms with van der Waals surface area (Å²) in [5.41, 5.74) is 14.0. The van der Waals surface area contributed by atoms with Crippen molar-refractivity contribution in [3.05, 3.63) is 46.8 Å². The van der Waals surface area contributed by atoms with E-state index in [9.17, 15) is 5.26 Å². The molecule has 2 rings (SSSR count). The third kappa shape index (κ3) is 2.49. The molecule has 1 atom stereocenters. The zero-order chi connectivity index (χ0) is 16.3. The van der Waals surface area contributed by atoms with E-state index in [4.69, 9.17) is 22.3 Å².